The van der Waals surface area contributed by atoms with Crippen molar-refractivity contribution in [2.45, 2.75) is 19.4 Å². The van der Waals surface area contributed by atoms with E-state index < -0.39 is 0 Å². The van der Waals surface area contributed by atoms with Crippen LogP contribution in [0.5, 0.6) is 5.88 Å². The molecular weight excluding hydrogens is 178 g/mol. The first-order chi connectivity index (χ1) is 6.74. The van der Waals surface area contributed by atoms with Gasteiger partial charge in [-0.25, -0.2) is 9.97 Å². The summed E-state index contributed by atoms with van der Waals surface area (Å²) < 4.78 is 0. The van der Waals surface area contributed by atoms with E-state index in [1.54, 1.807) is 6.20 Å². The van der Waals surface area contributed by atoms with Crippen LogP contribution in [0, 0.1) is 0 Å². The van der Waals surface area contributed by atoms with E-state index in [1.165, 1.54) is 6.33 Å². The van der Waals surface area contributed by atoms with E-state index in [-0.39, 0.29) is 5.88 Å². The molecule has 0 bridgehead atoms. The van der Waals surface area contributed by atoms with Gasteiger partial charge in [0.05, 0.1) is 5.56 Å². The van der Waals surface area contributed by atoms with Gasteiger partial charge in [0.15, 0.2) is 0 Å². The lowest BCUT2D eigenvalue weighted by atomic mass is 10.2. The second-order valence-electron chi connectivity index (χ2n) is 3.13. The first-order valence-corrected chi connectivity index (χ1v) is 4.57. The summed E-state index contributed by atoms with van der Waals surface area (Å²) >= 11 is 0. The third-order valence-electron chi connectivity index (χ3n) is 2.00. The molecule has 76 valence electrons. The minimum Gasteiger partial charge on any atom is -0.493 e. The maximum Gasteiger partial charge on any atom is 0.221 e. The van der Waals surface area contributed by atoms with Gasteiger partial charge in [0.2, 0.25) is 5.88 Å². The van der Waals surface area contributed by atoms with Crippen molar-refractivity contribution in [3.63, 3.8) is 0 Å². The predicted molar refractivity (Wildman–Crippen MR) is 55.9 cm³/mol. The van der Waals surface area contributed by atoms with Gasteiger partial charge in [0.25, 0.3) is 0 Å². The molecule has 1 unspecified atom stereocenters. The molecule has 1 aromatic heterocycles. The highest BCUT2D eigenvalue weighted by Gasteiger charge is 1.97. The maximum atomic E-state index is 9.31. The fraction of sp³-hybridized carbons (Fsp3) is 0.400. The van der Waals surface area contributed by atoms with Crippen molar-refractivity contribution in [3.8, 4) is 5.88 Å². The van der Waals surface area contributed by atoms with E-state index in [4.69, 9.17) is 0 Å². The van der Waals surface area contributed by atoms with Crippen LogP contribution in [-0.2, 0) is 0 Å². The minimum absolute atomic E-state index is 0.0216. The molecule has 0 saturated carbocycles. The highest BCUT2D eigenvalue weighted by Crippen LogP contribution is 2.12. The lowest BCUT2D eigenvalue weighted by molar-refractivity contribution is 0.450. The van der Waals surface area contributed by atoms with Gasteiger partial charge >= 0.3 is 0 Å². The topological polar surface area (TPSA) is 58.0 Å². The van der Waals surface area contributed by atoms with Gasteiger partial charge in [0, 0.05) is 12.2 Å². The molecule has 4 nitrogen and oxygen atoms in total. The largest absolute Gasteiger partial charge is 0.493 e. The molecule has 1 rings (SSSR count). The lowest BCUT2D eigenvalue weighted by Gasteiger charge is -2.04. The zero-order valence-corrected chi connectivity index (χ0v) is 8.44. The van der Waals surface area contributed by atoms with E-state index in [9.17, 15) is 5.11 Å². The third kappa shape index (κ3) is 3.14. The summed E-state index contributed by atoms with van der Waals surface area (Å²) in [4.78, 5) is 7.50. The number of nitrogens with one attached hydrogen (secondary N) is 1. The fourth-order valence-corrected chi connectivity index (χ4v) is 0.968. The van der Waals surface area contributed by atoms with Crippen molar-refractivity contribution >= 4 is 6.08 Å². The van der Waals surface area contributed by atoms with E-state index in [2.05, 4.69) is 22.2 Å². The average molecular weight is 193 g/mol. The molecule has 2 N–H and O–H groups in total. The smallest absolute Gasteiger partial charge is 0.221 e. The molecule has 0 aliphatic rings. The van der Waals surface area contributed by atoms with Gasteiger partial charge < -0.3 is 10.4 Å². The summed E-state index contributed by atoms with van der Waals surface area (Å²) in [6.07, 6.45) is 7.62. The third-order valence-corrected chi connectivity index (χ3v) is 2.00. The van der Waals surface area contributed by atoms with Crippen LogP contribution in [0.25, 0.3) is 6.08 Å². The van der Waals surface area contributed by atoms with Crippen molar-refractivity contribution in [2.24, 2.45) is 0 Å². The van der Waals surface area contributed by atoms with Crippen LogP contribution in [0.15, 0.2) is 18.6 Å². The molecular formula is C10H15N3O. The van der Waals surface area contributed by atoms with Crippen LogP contribution in [0.1, 0.15) is 18.9 Å². The summed E-state index contributed by atoms with van der Waals surface area (Å²) in [5.41, 5.74) is 0.649. The van der Waals surface area contributed by atoms with Crippen LogP contribution >= 0.6 is 0 Å². The average Bonchev–Trinajstić information content (AvgIpc) is 2.20. The van der Waals surface area contributed by atoms with Gasteiger partial charge in [-0.05, 0) is 20.4 Å². The van der Waals surface area contributed by atoms with Gasteiger partial charge in [-0.2, -0.15) is 0 Å². The molecule has 0 aliphatic carbocycles. The van der Waals surface area contributed by atoms with Gasteiger partial charge in [0.1, 0.15) is 6.33 Å². The molecule has 14 heavy (non-hydrogen) atoms. The molecule has 0 aromatic carbocycles. The van der Waals surface area contributed by atoms with E-state index in [1.807, 2.05) is 19.2 Å². The summed E-state index contributed by atoms with van der Waals surface area (Å²) in [6, 6.07) is 0.429. The highest BCUT2D eigenvalue weighted by atomic mass is 16.3. The Morgan fingerprint density at radius 2 is 2.43 bits per heavy atom. The number of rotatable bonds is 4. The van der Waals surface area contributed by atoms with Crippen LogP contribution in [0.3, 0.4) is 0 Å². The Labute approximate surface area is 83.7 Å². The Balaban J connectivity index is 2.56. The van der Waals surface area contributed by atoms with E-state index in [0.717, 1.165) is 6.42 Å². The predicted octanol–water partition coefficient (Wildman–Crippen LogP) is 1.19. The number of nitrogens with zero attached hydrogens (tertiary/aromatic N) is 2. The maximum absolute atomic E-state index is 9.31. The molecule has 0 radical (unpaired) electrons. The molecule has 1 atom stereocenters. The highest BCUT2D eigenvalue weighted by molar-refractivity contribution is 5.52. The van der Waals surface area contributed by atoms with E-state index >= 15 is 0 Å². The Bertz CT molecular complexity index is 312. The Hall–Kier alpha value is -1.42. The Morgan fingerprint density at radius 1 is 1.64 bits per heavy atom. The first kappa shape index (κ1) is 10.7. The fourth-order valence-electron chi connectivity index (χ4n) is 0.968. The second kappa shape index (κ2) is 5.34. The number of aromatic hydroxyl groups is 1. The summed E-state index contributed by atoms with van der Waals surface area (Å²) in [5.74, 6) is 0.0216. The molecule has 1 heterocycles. The normalized spacial score (nSPS) is 13.3. The molecule has 0 saturated heterocycles. The van der Waals surface area contributed by atoms with Crippen molar-refractivity contribution in [1.29, 1.82) is 0 Å². The van der Waals surface area contributed by atoms with Crippen LogP contribution in [-0.4, -0.2) is 28.2 Å². The SMILES string of the molecule is CNC(C)CC=Cc1cncnc1O. The second-order valence-corrected chi connectivity index (χ2v) is 3.13. The Morgan fingerprint density at radius 3 is 3.07 bits per heavy atom. The number of hydrogen-bond acceptors (Lipinski definition) is 4. The van der Waals surface area contributed by atoms with Crippen LogP contribution < -0.4 is 5.32 Å². The zero-order chi connectivity index (χ0) is 10.4. The summed E-state index contributed by atoms with van der Waals surface area (Å²) in [7, 11) is 1.92. The zero-order valence-electron chi connectivity index (χ0n) is 8.44. The lowest BCUT2D eigenvalue weighted by Crippen LogP contribution is -2.19. The summed E-state index contributed by atoms with van der Waals surface area (Å²) in [5, 5.41) is 12.4. The first-order valence-electron chi connectivity index (χ1n) is 4.57. The van der Waals surface area contributed by atoms with Crippen LogP contribution in [0.4, 0.5) is 0 Å². The number of hydrogen-bond donors (Lipinski definition) is 2. The van der Waals surface area contributed by atoms with Crippen molar-refractivity contribution in [2.75, 3.05) is 7.05 Å². The van der Waals surface area contributed by atoms with Crippen molar-refractivity contribution in [3.05, 3.63) is 24.2 Å². The van der Waals surface area contributed by atoms with Gasteiger partial charge in [-0.1, -0.05) is 12.2 Å². The molecule has 1 aromatic rings. The molecule has 0 spiro atoms. The molecule has 0 amide bonds. The monoisotopic (exact) mass is 193 g/mol. The van der Waals surface area contributed by atoms with Gasteiger partial charge in [-0.15, -0.1) is 0 Å². The quantitative estimate of drug-likeness (QED) is 0.754. The molecule has 0 fully saturated rings. The summed E-state index contributed by atoms with van der Waals surface area (Å²) in [6.45, 7) is 2.09. The van der Waals surface area contributed by atoms with E-state index in [0.29, 0.717) is 11.6 Å². The van der Waals surface area contributed by atoms with Crippen LogP contribution in [0.2, 0.25) is 0 Å². The molecule has 4 heteroatoms. The van der Waals surface area contributed by atoms with Crippen molar-refractivity contribution in [1.82, 2.24) is 15.3 Å². The van der Waals surface area contributed by atoms with Gasteiger partial charge in [-0.3, -0.25) is 0 Å². The Kier molecular flexibility index (Phi) is 4.07. The number of aromatic nitrogens is 2. The minimum atomic E-state index is 0.0216. The standard InChI is InChI=1S/C10H15N3O/c1-8(11-2)4-3-5-9-6-12-7-13-10(9)14/h3,5-8,11H,4H2,1-2H3,(H,12,13,14). The molecule has 0 aliphatic heterocycles. The van der Waals surface area contributed by atoms with Crippen molar-refractivity contribution < 1.29 is 5.11 Å².